The second kappa shape index (κ2) is 9.88. The average Bonchev–Trinajstić information content (AvgIpc) is 3.23. The number of aromatic nitrogens is 2. The smallest absolute Gasteiger partial charge is 0.262 e. The lowest BCUT2D eigenvalue weighted by Gasteiger charge is -2.21. The lowest BCUT2D eigenvalue weighted by molar-refractivity contribution is 0.121. The van der Waals surface area contributed by atoms with E-state index in [1.165, 1.54) is 16.6 Å². The molecule has 0 spiro atoms. The van der Waals surface area contributed by atoms with Gasteiger partial charge in [0, 0.05) is 19.3 Å². The molecular formula is C21H23F2N3O4S. The number of hydrogen-bond acceptors (Lipinski definition) is 5. The van der Waals surface area contributed by atoms with Crippen molar-refractivity contribution in [3.63, 3.8) is 0 Å². The highest BCUT2D eigenvalue weighted by molar-refractivity contribution is 7.89. The molecule has 10 heteroatoms. The maximum absolute atomic E-state index is 13.3. The Morgan fingerprint density at radius 1 is 0.903 bits per heavy atom. The summed E-state index contributed by atoms with van der Waals surface area (Å²) in [6.45, 7) is -0.535. The van der Waals surface area contributed by atoms with Crippen LogP contribution in [0.4, 0.5) is 8.78 Å². The summed E-state index contributed by atoms with van der Waals surface area (Å²) in [6, 6.07) is 15.3. The minimum atomic E-state index is -4.05. The molecule has 2 aromatic carbocycles. The highest BCUT2D eigenvalue weighted by Gasteiger charge is 2.28. The van der Waals surface area contributed by atoms with Crippen LogP contribution in [0.2, 0.25) is 0 Å². The molecule has 0 aliphatic rings. The van der Waals surface area contributed by atoms with Crippen LogP contribution in [0.5, 0.6) is 11.5 Å². The summed E-state index contributed by atoms with van der Waals surface area (Å²) in [5, 5.41) is 3.57. The molecule has 3 aromatic rings. The minimum Gasteiger partial charge on any atom is -0.497 e. The maximum Gasteiger partial charge on any atom is 0.262 e. The Morgan fingerprint density at radius 2 is 1.39 bits per heavy atom. The predicted octanol–water partition coefficient (Wildman–Crippen LogP) is 3.56. The van der Waals surface area contributed by atoms with Crippen molar-refractivity contribution in [2.24, 2.45) is 0 Å². The van der Waals surface area contributed by atoms with E-state index >= 15 is 0 Å². The number of benzene rings is 2. The van der Waals surface area contributed by atoms with Gasteiger partial charge in [-0.3, -0.25) is 4.68 Å². The Labute approximate surface area is 179 Å². The second-order valence-electron chi connectivity index (χ2n) is 6.74. The Bertz CT molecular complexity index is 1040. The summed E-state index contributed by atoms with van der Waals surface area (Å²) >= 11 is 0. The first-order valence-corrected chi connectivity index (χ1v) is 10.8. The fourth-order valence-electron chi connectivity index (χ4n) is 2.95. The molecule has 166 valence electrons. The summed E-state index contributed by atoms with van der Waals surface area (Å²) in [5.41, 5.74) is 1.48. The fourth-order valence-corrected chi connectivity index (χ4v) is 4.29. The van der Waals surface area contributed by atoms with Gasteiger partial charge in [0.05, 0.1) is 14.2 Å². The van der Waals surface area contributed by atoms with Crippen LogP contribution >= 0.6 is 0 Å². The van der Waals surface area contributed by atoms with Gasteiger partial charge in [-0.2, -0.15) is 9.40 Å². The van der Waals surface area contributed by atoms with Crippen LogP contribution in [0.25, 0.3) is 0 Å². The Balaban J connectivity index is 1.91. The number of sulfonamides is 1. The monoisotopic (exact) mass is 451 g/mol. The largest absolute Gasteiger partial charge is 0.497 e. The van der Waals surface area contributed by atoms with Crippen LogP contribution in [0.3, 0.4) is 0 Å². The Kier molecular flexibility index (Phi) is 7.24. The molecule has 0 fully saturated rings. The Hall–Kier alpha value is -2.98. The number of halogens is 2. The quantitative estimate of drug-likeness (QED) is 0.471. The van der Waals surface area contributed by atoms with Crippen LogP contribution in [0.1, 0.15) is 11.1 Å². The molecule has 1 aromatic heterocycles. The third kappa shape index (κ3) is 5.80. The van der Waals surface area contributed by atoms with Gasteiger partial charge >= 0.3 is 0 Å². The van der Waals surface area contributed by atoms with Crippen molar-refractivity contribution in [2.45, 2.75) is 31.1 Å². The highest BCUT2D eigenvalue weighted by atomic mass is 32.2. The average molecular weight is 451 g/mol. The van der Waals surface area contributed by atoms with Gasteiger partial charge in [0.2, 0.25) is 0 Å². The van der Waals surface area contributed by atoms with Crippen LogP contribution < -0.4 is 9.47 Å². The molecule has 0 N–H and O–H groups in total. The van der Waals surface area contributed by atoms with Crippen LogP contribution in [-0.4, -0.2) is 43.1 Å². The SMILES string of the molecule is COc1ccc(CN(Cc2ccc(OC)cc2)S(=O)(=O)c2ccn(CC(F)F)n2)cc1. The van der Waals surface area contributed by atoms with E-state index < -0.39 is 23.0 Å². The highest BCUT2D eigenvalue weighted by Crippen LogP contribution is 2.22. The number of hydrogen-bond donors (Lipinski definition) is 0. The number of methoxy groups -OCH3 is 2. The van der Waals surface area contributed by atoms with E-state index in [-0.39, 0.29) is 18.1 Å². The van der Waals surface area contributed by atoms with Gasteiger partial charge in [0.1, 0.15) is 18.0 Å². The van der Waals surface area contributed by atoms with Gasteiger partial charge in [-0.1, -0.05) is 24.3 Å². The maximum atomic E-state index is 13.3. The summed E-state index contributed by atoms with van der Waals surface area (Å²) in [7, 11) is -0.956. The molecule has 31 heavy (non-hydrogen) atoms. The topological polar surface area (TPSA) is 73.7 Å². The molecule has 0 saturated carbocycles. The molecule has 3 rings (SSSR count). The summed E-state index contributed by atoms with van der Waals surface area (Å²) < 4.78 is 64.4. The number of alkyl halides is 2. The van der Waals surface area contributed by atoms with Gasteiger partial charge in [0.25, 0.3) is 16.4 Å². The summed E-state index contributed by atoms with van der Waals surface area (Å²) in [4.78, 5) is 0. The fraction of sp³-hybridized carbons (Fsp3) is 0.286. The van der Waals surface area contributed by atoms with E-state index in [0.29, 0.717) is 11.5 Å². The second-order valence-corrected chi connectivity index (χ2v) is 8.62. The molecule has 0 bridgehead atoms. The number of rotatable bonds is 10. The predicted molar refractivity (Wildman–Crippen MR) is 111 cm³/mol. The zero-order valence-electron chi connectivity index (χ0n) is 17.1. The zero-order valence-corrected chi connectivity index (χ0v) is 17.9. The number of nitrogens with zero attached hydrogens (tertiary/aromatic N) is 3. The molecule has 0 saturated heterocycles. The van der Waals surface area contributed by atoms with Crippen molar-refractivity contribution in [3.8, 4) is 11.5 Å². The molecule has 7 nitrogen and oxygen atoms in total. The van der Waals surface area contributed by atoms with Gasteiger partial charge in [0.15, 0.2) is 5.03 Å². The van der Waals surface area contributed by atoms with Crippen molar-refractivity contribution in [1.82, 2.24) is 14.1 Å². The van der Waals surface area contributed by atoms with Gasteiger partial charge in [-0.05, 0) is 41.5 Å². The van der Waals surface area contributed by atoms with Gasteiger partial charge < -0.3 is 9.47 Å². The van der Waals surface area contributed by atoms with E-state index in [9.17, 15) is 17.2 Å². The van der Waals surface area contributed by atoms with Gasteiger partial charge in [-0.25, -0.2) is 17.2 Å². The standard InChI is InChI=1S/C21H23F2N3O4S/c1-29-18-7-3-16(4-8-18)13-26(14-17-5-9-19(30-2)10-6-17)31(27,28)21-11-12-25(24-21)15-20(22)23/h3-12,20H,13-15H2,1-2H3. The minimum absolute atomic E-state index is 0.0695. The first-order chi connectivity index (χ1) is 14.8. The normalized spacial score (nSPS) is 11.8. The lowest BCUT2D eigenvalue weighted by Crippen LogP contribution is -2.30. The molecule has 1 heterocycles. The van der Waals surface area contributed by atoms with E-state index in [0.717, 1.165) is 15.8 Å². The number of ether oxygens (including phenoxy) is 2. The van der Waals surface area contributed by atoms with Gasteiger partial charge in [-0.15, -0.1) is 0 Å². The molecule has 0 aliphatic heterocycles. The van der Waals surface area contributed by atoms with Crippen LogP contribution in [-0.2, 0) is 29.7 Å². The van der Waals surface area contributed by atoms with E-state index in [1.807, 2.05) is 0 Å². The van der Waals surface area contributed by atoms with E-state index in [2.05, 4.69) is 5.10 Å². The molecular weight excluding hydrogens is 428 g/mol. The van der Waals surface area contributed by atoms with E-state index in [4.69, 9.17) is 9.47 Å². The third-order valence-electron chi connectivity index (χ3n) is 4.58. The molecule has 0 unspecified atom stereocenters. The van der Waals surface area contributed by atoms with E-state index in [1.54, 1.807) is 62.8 Å². The molecule has 0 amide bonds. The van der Waals surface area contributed by atoms with Crippen molar-refractivity contribution in [2.75, 3.05) is 14.2 Å². The summed E-state index contributed by atoms with van der Waals surface area (Å²) in [6.07, 6.45) is -1.40. The first kappa shape index (κ1) is 22.7. The third-order valence-corrected chi connectivity index (χ3v) is 6.27. The first-order valence-electron chi connectivity index (χ1n) is 9.39. The van der Waals surface area contributed by atoms with Crippen LogP contribution in [0.15, 0.2) is 65.8 Å². The summed E-state index contributed by atoms with van der Waals surface area (Å²) in [5.74, 6) is 1.30. The molecule has 0 atom stereocenters. The van der Waals surface area contributed by atoms with Crippen molar-refractivity contribution < 1.29 is 26.7 Å². The lowest BCUT2D eigenvalue weighted by atomic mass is 10.2. The Morgan fingerprint density at radius 3 is 1.81 bits per heavy atom. The van der Waals surface area contributed by atoms with Crippen LogP contribution in [0, 0.1) is 0 Å². The molecule has 0 aliphatic carbocycles. The zero-order chi connectivity index (χ0) is 22.4. The molecule has 0 radical (unpaired) electrons. The van der Waals surface area contributed by atoms with Crippen molar-refractivity contribution in [1.29, 1.82) is 0 Å². The van der Waals surface area contributed by atoms with Crippen molar-refractivity contribution in [3.05, 3.63) is 71.9 Å². The van der Waals surface area contributed by atoms with Crippen molar-refractivity contribution >= 4 is 10.0 Å².